The highest BCUT2D eigenvalue weighted by atomic mass is 19.4. The minimum Gasteiger partial charge on any atom is -0.357 e. The lowest BCUT2D eigenvalue weighted by Gasteiger charge is -2.28. The topological polar surface area (TPSA) is 41.1 Å². The van der Waals surface area contributed by atoms with E-state index in [1.165, 1.54) is 0 Å². The van der Waals surface area contributed by atoms with Gasteiger partial charge >= 0.3 is 6.18 Å². The number of nitrogens with zero attached hydrogens (tertiary/aromatic N) is 3. The highest BCUT2D eigenvalue weighted by Gasteiger charge is 2.34. The molecule has 0 saturated carbocycles. The third-order valence-corrected chi connectivity index (χ3v) is 3.39. The third kappa shape index (κ3) is 4.75. The molecule has 1 aromatic heterocycles. The van der Waals surface area contributed by atoms with Crippen LogP contribution in [0.25, 0.3) is 0 Å². The van der Waals surface area contributed by atoms with Gasteiger partial charge in [-0.05, 0) is 19.3 Å². The molecule has 1 aromatic rings. The Morgan fingerprint density at radius 1 is 1.19 bits per heavy atom. The van der Waals surface area contributed by atoms with Crippen LogP contribution < -0.4 is 10.2 Å². The molecule has 1 rings (SSSR count). The van der Waals surface area contributed by atoms with Gasteiger partial charge in [0.15, 0.2) is 5.69 Å². The van der Waals surface area contributed by atoms with Gasteiger partial charge in [0.1, 0.15) is 5.82 Å². The van der Waals surface area contributed by atoms with E-state index in [0.717, 1.165) is 25.3 Å². The molecule has 1 N–H and O–H groups in total. The van der Waals surface area contributed by atoms with Crippen LogP contribution in [0.15, 0.2) is 6.07 Å². The van der Waals surface area contributed by atoms with Crippen LogP contribution in [0.3, 0.4) is 0 Å². The second kappa shape index (κ2) is 7.47. The van der Waals surface area contributed by atoms with Crippen LogP contribution in [0.1, 0.15) is 45.7 Å². The summed E-state index contributed by atoms with van der Waals surface area (Å²) in [7, 11) is 1.77. The number of alkyl halides is 3. The number of halogens is 3. The zero-order valence-electron chi connectivity index (χ0n) is 13.0. The van der Waals surface area contributed by atoms with Crippen molar-refractivity contribution in [3.8, 4) is 0 Å². The second-order valence-electron chi connectivity index (χ2n) is 4.94. The number of anilines is 2. The summed E-state index contributed by atoms with van der Waals surface area (Å²) in [6.45, 7) is 6.48. The number of hydrogen-bond acceptors (Lipinski definition) is 4. The predicted octanol–water partition coefficient (Wildman–Crippen LogP) is 3.94. The highest BCUT2D eigenvalue weighted by Crippen LogP contribution is 2.31. The second-order valence-corrected chi connectivity index (χ2v) is 4.94. The fourth-order valence-corrected chi connectivity index (χ4v) is 2.10. The minimum absolute atomic E-state index is 0.0273. The first-order valence-electron chi connectivity index (χ1n) is 7.26. The molecule has 0 aliphatic heterocycles. The Kier molecular flexibility index (Phi) is 6.23. The summed E-state index contributed by atoms with van der Waals surface area (Å²) in [6, 6.07) is 1.16. The molecule has 0 fully saturated rings. The van der Waals surface area contributed by atoms with Gasteiger partial charge in [0, 0.05) is 25.7 Å². The summed E-state index contributed by atoms with van der Waals surface area (Å²) >= 11 is 0. The monoisotopic (exact) mass is 304 g/mol. The van der Waals surface area contributed by atoms with Crippen molar-refractivity contribution in [3.63, 3.8) is 0 Å². The van der Waals surface area contributed by atoms with Gasteiger partial charge in [-0.3, -0.25) is 0 Å². The van der Waals surface area contributed by atoms with Crippen LogP contribution in [-0.4, -0.2) is 29.6 Å². The van der Waals surface area contributed by atoms with Crippen LogP contribution in [-0.2, 0) is 6.18 Å². The highest BCUT2D eigenvalue weighted by molar-refractivity contribution is 5.45. The molecule has 4 nitrogen and oxygen atoms in total. The largest absolute Gasteiger partial charge is 0.433 e. The van der Waals surface area contributed by atoms with E-state index in [-0.39, 0.29) is 12.0 Å². The maximum atomic E-state index is 13.0. The summed E-state index contributed by atoms with van der Waals surface area (Å²) in [5, 5.41) is 2.83. The number of aromatic nitrogens is 2. The summed E-state index contributed by atoms with van der Waals surface area (Å²) in [6.07, 6.45) is -2.00. The van der Waals surface area contributed by atoms with E-state index >= 15 is 0 Å². The zero-order chi connectivity index (χ0) is 16.0. The number of hydrogen-bond donors (Lipinski definition) is 1. The Morgan fingerprint density at radius 2 is 1.81 bits per heavy atom. The first kappa shape index (κ1) is 17.5. The van der Waals surface area contributed by atoms with Crippen molar-refractivity contribution in [1.82, 2.24) is 9.97 Å². The van der Waals surface area contributed by atoms with Gasteiger partial charge < -0.3 is 10.2 Å². The molecular formula is C14H23F3N4. The number of rotatable bonds is 7. The van der Waals surface area contributed by atoms with E-state index in [9.17, 15) is 13.2 Å². The van der Waals surface area contributed by atoms with E-state index in [4.69, 9.17) is 0 Å². The summed E-state index contributed by atoms with van der Waals surface area (Å²) in [5.41, 5.74) is -0.913. The smallest absolute Gasteiger partial charge is 0.357 e. The van der Waals surface area contributed by atoms with Crippen molar-refractivity contribution in [2.75, 3.05) is 23.8 Å². The molecule has 0 atom stereocenters. The minimum atomic E-state index is -4.48. The van der Waals surface area contributed by atoms with Gasteiger partial charge in [-0.1, -0.05) is 20.8 Å². The lowest BCUT2D eigenvalue weighted by molar-refractivity contribution is -0.141. The van der Waals surface area contributed by atoms with Crippen molar-refractivity contribution >= 4 is 11.8 Å². The van der Waals surface area contributed by atoms with Gasteiger partial charge in [-0.15, -0.1) is 0 Å². The summed E-state index contributed by atoms with van der Waals surface area (Å²) < 4.78 is 38.9. The Hall–Kier alpha value is -1.53. The van der Waals surface area contributed by atoms with Crippen molar-refractivity contribution in [2.45, 2.75) is 52.3 Å². The van der Waals surface area contributed by atoms with Gasteiger partial charge in [0.05, 0.1) is 0 Å². The van der Waals surface area contributed by atoms with Crippen LogP contribution >= 0.6 is 0 Å². The quantitative estimate of drug-likeness (QED) is 0.828. The first-order valence-corrected chi connectivity index (χ1v) is 7.26. The Morgan fingerprint density at radius 3 is 2.29 bits per heavy atom. The van der Waals surface area contributed by atoms with Crippen LogP contribution in [0.5, 0.6) is 0 Å². The van der Waals surface area contributed by atoms with E-state index in [0.29, 0.717) is 12.4 Å². The van der Waals surface area contributed by atoms with Gasteiger partial charge in [-0.25, -0.2) is 4.98 Å². The van der Waals surface area contributed by atoms with Crippen LogP contribution in [0, 0.1) is 0 Å². The standard InChI is InChI=1S/C14H23F3N4/c1-5-8-18-13-19-11(14(15,16)17)9-12(20-13)21(4)10(6-2)7-3/h9-10H,5-8H2,1-4H3,(H,18,19,20). The molecule has 21 heavy (non-hydrogen) atoms. The molecule has 0 saturated heterocycles. The maximum Gasteiger partial charge on any atom is 0.433 e. The maximum absolute atomic E-state index is 13.0. The molecule has 0 bridgehead atoms. The van der Waals surface area contributed by atoms with Gasteiger partial charge in [0.25, 0.3) is 0 Å². The van der Waals surface area contributed by atoms with E-state index in [1.54, 1.807) is 11.9 Å². The molecule has 0 amide bonds. The molecular weight excluding hydrogens is 281 g/mol. The molecule has 0 aliphatic carbocycles. The lowest BCUT2D eigenvalue weighted by Crippen LogP contribution is -2.31. The Balaban J connectivity index is 3.17. The average Bonchev–Trinajstić information content (AvgIpc) is 2.45. The fraction of sp³-hybridized carbons (Fsp3) is 0.714. The molecule has 0 radical (unpaired) electrons. The number of nitrogens with one attached hydrogen (secondary N) is 1. The van der Waals surface area contributed by atoms with E-state index < -0.39 is 11.9 Å². The van der Waals surface area contributed by atoms with Gasteiger partial charge in [0.2, 0.25) is 5.95 Å². The molecule has 0 aromatic carbocycles. The Labute approximate surface area is 123 Å². The molecule has 0 spiro atoms. The average molecular weight is 304 g/mol. The van der Waals surface area contributed by atoms with Crippen molar-refractivity contribution in [2.24, 2.45) is 0 Å². The fourth-order valence-electron chi connectivity index (χ4n) is 2.10. The van der Waals surface area contributed by atoms with Crippen molar-refractivity contribution in [1.29, 1.82) is 0 Å². The van der Waals surface area contributed by atoms with E-state index in [1.807, 2.05) is 20.8 Å². The van der Waals surface area contributed by atoms with E-state index in [2.05, 4.69) is 15.3 Å². The first-order chi connectivity index (χ1) is 9.83. The normalized spacial score (nSPS) is 11.8. The Bertz CT molecular complexity index is 444. The van der Waals surface area contributed by atoms with Crippen molar-refractivity contribution < 1.29 is 13.2 Å². The van der Waals surface area contributed by atoms with Crippen molar-refractivity contribution in [3.05, 3.63) is 11.8 Å². The molecule has 1 heterocycles. The summed E-state index contributed by atoms with van der Waals surface area (Å²) in [4.78, 5) is 9.55. The summed E-state index contributed by atoms with van der Waals surface area (Å²) in [5.74, 6) is 0.323. The molecule has 0 aliphatic rings. The lowest BCUT2D eigenvalue weighted by atomic mass is 10.1. The zero-order valence-corrected chi connectivity index (χ0v) is 13.0. The van der Waals surface area contributed by atoms with Crippen LogP contribution in [0.2, 0.25) is 0 Å². The SMILES string of the molecule is CCCNc1nc(N(C)C(CC)CC)cc(C(F)(F)F)n1. The molecule has 7 heteroatoms. The predicted molar refractivity (Wildman–Crippen MR) is 78.6 cm³/mol. The molecule has 0 unspecified atom stereocenters. The van der Waals surface area contributed by atoms with Gasteiger partial charge in [-0.2, -0.15) is 18.2 Å². The molecule has 120 valence electrons. The van der Waals surface area contributed by atoms with Crippen LogP contribution in [0.4, 0.5) is 24.9 Å². The third-order valence-electron chi connectivity index (χ3n) is 3.39.